The van der Waals surface area contributed by atoms with Gasteiger partial charge in [-0.15, -0.1) is 0 Å². The first-order valence-electron chi connectivity index (χ1n) is 6.40. The number of hydrogen-bond donors (Lipinski definition) is 1. The predicted octanol–water partition coefficient (Wildman–Crippen LogP) is 1.62. The molecule has 6 nitrogen and oxygen atoms in total. The Labute approximate surface area is 113 Å². The Morgan fingerprint density at radius 2 is 2.05 bits per heavy atom. The average molecular weight is 264 g/mol. The number of nitrogens with zero attached hydrogens (tertiary/aromatic N) is 3. The van der Waals surface area contributed by atoms with Crippen molar-refractivity contribution in [1.82, 2.24) is 14.9 Å². The SMILES string of the molecule is CC(C)(C)OC(=O)N1CCCC1(N)c1ncccn1. The largest absolute Gasteiger partial charge is 0.444 e. The Kier molecular flexibility index (Phi) is 3.45. The fraction of sp³-hybridized carbons (Fsp3) is 0.615. The maximum atomic E-state index is 12.2. The highest BCUT2D eigenvalue weighted by atomic mass is 16.6. The lowest BCUT2D eigenvalue weighted by Crippen LogP contribution is -2.53. The van der Waals surface area contributed by atoms with Crippen LogP contribution in [0, 0.1) is 0 Å². The summed E-state index contributed by atoms with van der Waals surface area (Å²) in [5.41, 5.74) is 4.83. The predicted molar refractivity (Wildman–Crippen MR) is 70.1 cm³/mol. The monoisotopic (exact) mass is 264 g/mol. The van der Waals surface area contributed by atoms with E-state index in [1.807, 2.05) is 20.8 Å². The van der Waals surface area contributed by atoms with Gasteiger partial charge < -0.3 is 10.5 Å². The highest BCUT2D eigenvalue weighted by Gasteiger charge is 2.45. The van der Waals surface area contributed by atoms with Crippen molar-refractivity contribution >= 4 is 6.09 Å². The highest BCUT2D eigenvalue weighted by molar-refractivity contribution is 5.69. The zero-order valence-electron chi connectivity index (χ0n) is 11.6. The number of rotatable bonds is 1. The minimum atomic E-state index is -0.969. The van der Waals surface area contributed by atoms with E-state index in [0.29, 0.717) is 18.8 Å². The summed E-state index contributed by atoms with van der Waals surface area (Å²) >= 11 is 0. The Bertz CT molecular complexity index is 457. The van der Waals surface area contributed by atoms with Crippen molar-refractivity contribution in [3.63, 3.8) is 0 Å². The molecule has 19 heavy (non-hydrogen) atoms. The van der Waals surface area contributed by atoms with E-state index in [9.17, 15) is 4.79 Å². The number of hydrogen-bond acceptors (Lipinski definition) is 5. The summed E-state index contributed by atoms with van der Waals surface area (Å²) in [7, 11) is 0. The summed E-state index contributed by atoms with van der Waals surface area (Å²) in [6, 6.07) is 1.72. The van der Waals surface area contributed by atoms with Gasteiger partial charge in [0.05, 0.1) is 0 Å². The summed E-state index contributed by atoms with van der Waals surface area (Å²) in [6.45, 7) is 6.05. The van der Waals surface area contributed by atoms with E-state index in [1.54, 1.807) is 18.5 Å². The summed E-state index contributed by atoms with van der Waals surface area (Å²) in [5, 5.41) is 0. The normalized spacial score (nSPS) is 23.5. The molecule has 1 fully saturated rings. The first-order valence-corrected chi connectivity index (χ1v) is 6.40. The van der Waals surface area contributed by atoms with Crippen molar-refractivity contribution in [3.05, 3.63) is 24.3 Å². The Hall–Kier alpha value is -1.69. The van der Waals surface area contributed by atoms with Crippen LogP contribution in [0.1, 0.15) is 39.4 Å². The summed E-state index contributed by atoms with van der Waals surface area (Å²) in [4.78, 5) is 22.1. The lowest BCUT2D eigenvalue weighted by atomic mass is 10.1. The third-order valence-electron chi connectivity index (χ3n) is 2.99. The van der Waals surface area contributed by atoms with Crippen LogP contribution in [-0.2, 0) is 10.4 Å². The van der Waals surface area contributed by atoms with Gasteiger partial charge in [-0.2, -0.15) is 0 Å². The molecule has 2 N–H and O–H groups in total. The van der Waals surface area contributed by atoms with Gasteiger partial charge in [-0.05, 0) is 39.7 Å². The fourth-order valence-corrected chi connectivity index (χ4v) is 2.17. The van der Waals surface area contributed by atoms with Gasteiger partial charge in [-0.3, -0.25) is 4.90 Å². The molecule has 0 radical (unpaired) electrons. The van der Waals surface area contributed by atoms with E-state index in [-0.39, 0.29) is 0 Å². The van der Waals surface area contributed by atoms with Crippen LogP contribution < -0.4 is 5.73 Å². The van der Waals surface area contributed by atoms with Gasteiger partial charge in [0, 0.05) is 18.9 Å². The second-order valence-electron chi connectivity index (χ2n) is 5.73. The molecule has 1 aromatic heterocycles. The van der Waals surface area contributed by atoms with Crippen LogP contribution >= 0.6 is 0 Å². The summed E-state index contributed by atoms with van der Waals surface area (Å²) < 4.78 is 5.39. The second-order valence-corrected chi connectivity index (χ2v) is 5.73. The van der Waals surface area contributed by atoms with E-state index < -0.39 is 17.4 Å². The first kappa shape index (κ1) is 13.7. The van der Waals surface area contributed by atoms with E-state index >= 15 is 0 Å². The molecule has 1 atom stereocenters. The molecule has 0 aliphatic carbocycles. The molecule has 0 spiro atoms. The minimum Gasteiger partial charge on any atom is -0.444 e. The van der Waals surface area contributed by atoms with Gasteiger partial charge in [-0.25, -0.2) is 14.8 Å². The third kappa shape index (κ3) is 2.84. The molecule has 1 aliphatic rings. The number of carbonyl (C=O) groups is 1. The molecule has 1 unspecified atom stereocenters. The van der Waals surface area contributed by atoms with Crippen LogP contribution in [0.3, 0.4) is 0 Å². The maximum absolute atomic E-state index is 12.2. The van der Waals surface area contributed by atoms with E-state index in [4.69, 9.17) is 10.5 Å². The lowest BCUT2D eigenvalue weighted by molar-refractivity contribution is 0.00631. The number of ether oxygens (including phenoxy) is 1. The summed E-state index contributed by atoms with van der Waals surface area (Å²) in [5.74, 6) is 0.457. The first-order chi connectivity index (χ1) is 8.83. The van der Waals surface area contributed by atoms with Crippen molar-refractivity contribution in [2.24, 2.45) is 5.73 Å². The van der Waals surface area contributed by atoms with Crippen LogP contribution in [0.5, 0.6) is 0 Å². The van der Waals surface area contributed by atoms with E-state index in [0.717, 1.165) is 6.42 Å². The summed E-state index contributed by atoms with van der Waals surface area (Å²) in [6.07, 6.45) is 4.29. The number of carbonyl (C=O) groups excluding carboxylic acids is 1. The Balaban J connectivity index is 2.24. The quantitative estimate of drug-likeness (QED) is 0.833. The van der Waals surface area contributed by atoms with Gasteiger partial charge >= 0.3 is 6.09 Å². The fourth-order valence-electron chi connectivity index (χ4n) is 2.17. The van der Waals surface area contributed by atoms with Gasteiger partial charge in [0.25, 0.3) is 0 Å². The molecule has 104 valence electrons. The number of amides is 1. The standard InChI is InChI=1S/C13H20N4O2/c1-12(2,3)19-11(18)17-9-4-6-13(17,14)10-15-7-5-8-16-10/h5,7-8H,4,6,9,14H2,1-3H3. The zero-order chi connectivity index (χ0) is 14.1. The molecule has 1 aromatic rings. The van der Waals surface area contributed by atoms with Crippen molar-refractivity contribution < 1.29 is 9.53 Å². The third-order valence-corrected chi connectivity index (χ3v) is 2.99. The maximum Gasteiger partial charge on any atom is 0.412 e. The van der Waals surface area contributed by atoms with Gasteiger partial charge in [0.2, 0.25) is 0 Å². The zero-order valence-corrected chi connectivity index (χ0v) is 11.6. The van der Waals surface area contributed by atoms with Crippen LogP contribution in [0.2, 0.25) is 0 Å². The minimum absolute atomic E-state index is 0.417. The molecule has 0 bridgehead atoms. The van der Waals surface area contributed by atoms with Crippen molar-refractivity contribution in [1.29, 1.82) is 0 Å². The molecule has 6 heteroatoms. The molecule has 0 aromatic carbocycles. The van der Waals surface area contributed by atoms with Gasteiger partial charge in [0.1, 0.15) is 5.60 Å². The number of likely N-dealkylation sites (tertiary alicyclic amines) is 1. The average Bonchev–Trinajstić information content (AvgIpc) is 2.72. The highest BCUT2D eigenvalue weighted by Crippen LogP contribution is 2.33. The lowest BCUT2D eigenvalue weighted by Gasteiger charge is -2.34. The van der Waals surface area contributed by atoms with Crippen molar-refractivity contribution in [2.75, 3.05) is 6.54 Å². The van der Waals surface area contributed by atoms with E-state index in [1.165, 1.54) is 4.90 Å². The van der Waals surface area contributed by atoms with Crippen LogP contribution in [-0.4, -0.2) is 33.1 Å². The molecule has 2 rings (SSSR count). The van der Waals surface area contributed by atoms with Crippen LogP contribution in [0.4, 0.5) is 4.79 Å². The van der Waals surface area contributed by atoms with Gasteiger partial charge in [0.15, 0.2) is 11.5 Å². The molecular weight excluding hydrogens is 244 g/mol. The van der Waals surface area contributed by atoms with Crippen LogP contribution in [0.15, 0.2) is 18.5 Å². The van der Waals surface area contributed by atoms with Crippen LogP contribution in [0.25, 0.3) is 0 Å². The second kappa shape index (κ2) is 4.77. The number of aromatic nitrogens is 2. The molecule has 1 amide bonds. The topological polar surface area (TPSA) is 81.3 Å². The Morgan fingerprint density at radius 3 is 2.63 bits per heavy atom. The molecule has 1 saturated heterocycles. The smallest absolute Gasteiger partial charge is 0.412 e. The molecular formula is C13H20N4O2. The Morgan fingerprint density at radius 1 is 1.42 bits per heavy atom. The van der Waals surface area contributed by atoms with Crippen molar-refractivity contribution in [2.45, 2.75) is 44.9 Å². The van der Waals surface area contributed by atoms with Gasteiger partial charge in [-0.1, -0.05) is 0 Å². The molecule has 1 aliphatic heterocycles. The molecule has 2 heterocycles. The molecule has 0 saturated carbocycles. The van der Waals surface area contributed by atoms with Crippen molar-refractivity contribution in [3.8, 4) is 0 Å². The number of nitrogens with two attached hydrogens (primary N) is 1. The van der Waals surface area contributed by atoms with E-state index in [2.05, 4.69) is 9.97 Å².